The van der Waals surface area contributed by atoms with Crippen LogP contribution in [0.3, 0.4) is 0 Å². The Kier molecular flexibility index (Phi) is 2.99. The van der Waals surface area contributed by atoms with E-state index >= 15 is 0 Å². The van der Waals surface area contributed by atoms with Gasteiger partial charge in [-0.15, -0.1) is 0 Å². The third-order valence-electron chi connectivity index (χ3n) is 2.51. The van der Waals surface area contributed by atoms with Gasteiger partial charge in [-0.1, -0.05) is 17.7 Å². The second-order valence-electron chi connectivity index (χ2n) is 3.82. The van der Waals surface area contributed by atoms with Crippen LogP contribution in [0.4, 0.5) is 0 Å². The predicted octanol–water partition coefficient (Wildman–Crippen LogP) is 2.60. The fourth-order valence-electron chi connectivity index (χ4n) is 1.72. The van der Waals surface area contributed by atoms with Crippen molar-refractivity contribution in [3.05, 3.63) is 46.2 Å². The number of rotatable bonds is 2. The first-order valence-corrected chi connectivity index (χ1v) is 5.51. The first-order valence-electron chi connectivity index (χ1n) is 5.14. The van der Waals surface area contributed by atoms with Gasteiger partial charge in [-0.2, -0.15) is 5.10 Å². The lowest BCUT2D eigenvalue weighted by atomic mass is 10.2. The molecule has 0 aliphatic carbocycles. The molecule has 84 valence electrons. The summed E-state index contributed by atoms with van der Waals surface area (Å²) in [7, 11) is 0. The highest BCUT2D eigenvalue weighted by molar-refractivity contribution is 6.31. The Hall–Kier alpha value is -1.32. The van der Waals surface area contributed by atoms with E-state index in [0.717, 1.165) is 22.6 Å². The number of benzene rings is 1. The van der Waals surface area contributed by atoms with Crippen molar-refractivity contribution in [3.63, 3.8) is 0 Å². The molecule has 0 aliphatic rings. The van der Waals surface area contributed by atoms with E-state index in [4.69, 9.17) is 17.3 Å². The van der Waals surface area contributed by atoms with Crippen LogP contribution in [-0.4, -0.2) is 9.78 Å². The first-order chi connectivity index (χ1) is 7.61. The van der Waals surface area contributed by atoms with E-state index in [9.17, 15) is 0 Å². The fraction of sp³-hybridized carbons (Fsp3) is 0.250. The summed E-state index contributed by atoms with van der Waals surface area (Å²) in [5, 5.41) is 5.09. The third kappa shape index (κ3) is 1.96. The van der Waals surface area contributed by atoms with Crippen molar-refractivity contribution in [2.24, 2.45) is 5.73 Å². The van der Waals surface area contributed by atoms with Crippen molar-refractivity contribution < 1.29 is 0 Å². The van der Waals surface area contributed by atoms with Gasteiger partial charge in [0.25, 0.3) is 0 Å². The molecule has 16 heavy (non-hydrogen) atoms. The van der Waals surface area contributed by atoms with Gasteiger partial charge in [0, 0.05) is 17.3 Å². The summed E-state index contributed by atoms with van der Waals surface area (Å²) in [6.07, 6.45) is 0. The Bertz CT molecular complexity index is 517. The summed E-state index contributed by atoms with van der Waals surface area (Å²) in [4.78, 5) is 0. The lowest BCUT2D eigenvalue weighted by Crippen LogP contribution is -2.02. The Morgan fingerprint density at radius 1 is 1.31 bits per heavy atom. The highest BCUT2D eigenvalue weighted by atomic mass is 35.5. The molecule has 0 radical (unpaired) electrons. The minimum absolute atomic E-state index is 0.455. The van der Waals surface area contributed by atoms with Crippen molar-refractivity contribution in [2.75, 3.05) is 0 Å². The van der Waals surface area contributed by atoms with Gasteiger partial charge in [0.2, 0.25) is 0 Å². The maximum Gasteiger partial charge on any atom is 0.0663 e. The summed E-state index contributed by atoms with van der Waals surface area (Å²) in [5.41, 5.74) is 9.57. The normalized spacial score (nSPS) is 10.8. The van der Waals surface area contributed by atoms with Crippen molar-refractivity contribution in [1.29, 1.82) is 0 Å². The molecule has 0 spiro atoms. The average Bonchev–Trinajstić information content (AvgIpc) is 2.58. The quantitative estimate of drug-likeness (QED) is 0.870. The topological polar surface area (TPSA) is 43.8 Å². The van der Waals surface area contributed by atoms with Crippen LogP contribution in [0, 0.1) is 13.8 Å². The summed E-state index contributed by atoms with van der Waals surface area (Å²) >= 11 is 6.12. The molecular weight excluding hydrogens is 222 g/mol. The van der Waals surface area contributed by atoms with Gasteiger partial charge in [0.15, 0.2) is 0 Å². The molecule has 0 amide bonds. The van der Waals surface area contributed by atoms with Gasteiger partial charge in [-0.3, -0.25) is 0 Å². The fourth-order valence-corrected chi connectivity index (χ4v) is 1.98. The molecular formula is C12H14ClN3. The molecule has 1 heterocycles. The smallest absolute Gasteiger partial charge is 0.0663 e. The van der Waals surface area contributed by atoms with E-state index in [1.807, 2.05) is 42.8 Å². The van der Waals surface area contributed by atoms with Crippen LogP contribution in [0.25, 0.3) is 5.69 Å². The van der Waals surface area contributed by atoms with E-state index in [0.29, 0.717) is 11.6 Å². The highest BCUT2D eigenvalue weighted by Gasteiger charge is 2.06. The number of aryl methyl sites for hydroxylation is 2. The molecule has 0 atom stereocenters. The van der Waals surface area contributed by atoms with Gasteiger partial charge in [-0.05, 0) is 37.6 Å². The maximum absolute atomic E-state index is 6.12. The van der Waals surface area contributed by atoms with Crippen LogP contribution >= 0.6 is 11.6 Å². The zero-order chi connectivity index (χ0) is 11.7. The lowest BCUT2D eigenvalue weighted by molar-refractivity contribution is 0.832. The SMILES string of the molecule is Cc1cc(C)n(-c2ccc(CN)c(Cl)c2)n1. The minimum Gasteiger partial charge on any atom is -0.326 e. The standard InChI is InChI=1S/C12H14ClN3/c1-8-5-9(2)16(15-8)11-4-3-10(7-14)12(13)6-11/h3-6H,7,14H2,1-2H3. The average molecular weight is 236 g/mol. The van der Waals surface area contributed by atoms with Crippen LogP contribution in [-0.2, 0) is 6.54 Å². The van der Waals surface area contributed by atoms with E-state index in [-0.39, 0.29) is 0 Å². The molecule has 2 N–H and O–H groups in total. The van der Waals surface area contributed by atoms with Gasteiger partial charge in [-0.25, -0.2) is 4.68 Å². The highest BCUT2D eigenvalue weighted by Crippen LogP contribution is 2.20. The van der Waals surface area contributed by atoms with Crippen molar-refractivity contribution in [3.8, 4) is 5.69 Å². The van der Waals surface area contributed by atoms with E-state index in [1.54, 1.807) is 0 Å². The number of hydrogen-bond acceptors (Lipinski definition) is 2. The lowest BCUT2D eigenvalue weighted by Gasteiger charge is -2.07. The van der Waals surface area contributed by atoms with E-state index in [1.165, 1.54) is 0 Å². The Morgan fingerprint density at radius 3 is 2.56 bits per heavy atom. The molecule has 3 nitrogen and oxygen atoms in total. The molecule has 0 bridgehead atoms. The summed E-state index contributed by atoms with van der Waals surface area (Å²) in [6, 6.07) is 7.84. The van der Waals surface area contributed by atoms with Gasteiger partial charge in [0.05, 0.1) is 11.4 Å². The van der Waals surface area contributed by atoms with E-state index in [2.05, 4.69) is 5.10 Å². The molecule has 4 heteroatoms. The number of nitrogens with two attached hydrogens (primary N) is 1. The molecule has 1 aromatic carbocycles. The molecule has 2 rings (SSSR count). The third-order valence-corrected chi connectivity index (χ3v) is 2.86. The van der Waals surface area contributed by atoms with Crippen LogP contribution in [0.15, 0.2) is 24.3 Å². The first kappa shape index (κ1) is 11.2. The van der Waals surface area contributed by atoms with Crippen molar-refractivity contribution in [1.82, 2.24) is 9.78 Å². The number of halogens is 1. The Balaban J connectivity index is 2.49. The van der Waals surface area contributed by atoms with Crippen LogP contribution in [0.2, 0.25) is 5.02 Å². The van der Waals surface area contributed by atoms with E-state index < -0.39 is 0 Å². The molecule has 2 aromatic rings. The Labute approximate surface area is 99.8 Å². The van der Waals surface area contributed by atoms with Gasteiger partial charge in [0.1, 0.15) is 0 Å². The van der Waals surface area contributed by atoms with Gasteiger partial charge >= 0.3 is 0 Å². The van der Waals surface area contributed by atoms with Crippen molar-refractivity contribution >= 4 is 11.6 Å². The van der Waals surface area contributed by atoms with Crippen molar-refractivity contribution in [2.45, 2.75) is 20.4 Å². The number of hydrogen-bond donors (Lipinski definition) is 1. The molecule has 0 unspecified atom stereocenters. The maximum atomic E-state index is 6.12. The second kappa shape index (κ2) is 4.28. The number of aromatic nitrogens is 2. The Morgan fingerprint density at radius 2 is 2.06 bits per heavy atom. The van der Waals surface area contributed by atoms with Gasteiger partial charge < -0.3 is 5.73 Å². The minimum atomic E-state index is 0.455. The zero-order valence-electron chi connectivity index (χ0n) is 9.37. The molecule has 0 fully saturated rings. The predicted molar refractivity (Wildman–Crippen MR) is 65.9 cm³/mol. The zero-order valence-corrected chi connectivity index (χ0v) is 10.1. The van der Waals surface area contributed by atoms with Crippen LogP contribution in [0.1, 0.15) is 17.0 Å². The van der Waals surface area contributed by atoms with Crippen LogP contribution in [0.5, 0.6) is 0 Å². The van der Waals surface area contributed by atoms with Crippen LogP contribution < -0.4 is 5.73 Å². The second-order valence-corrected chi connectivity index (χ2v) is 4.23. The summed E-state index contributed by atoms with van der Waals surface area (Å²) in [5.74, 6) is 0. The molecule has 1 aromatic heterocycles. The monoisotopic (exact) mass is 235 g/mol. The molecule has 0 saturated carbocycles. The largest absolute Gasteiger partial charge is 0.326 e. The summed E-state index contributed by atoms with van der Waals surface area (Å²) in [6.45, 7) is 4.44. The number of nitrogens with zero attached hydrogens (tertiary/aromatic N) is 2. The summed E-state index contributed by atoms with van der Waals surface area (Å²) < 4.78 is 1.88. The molecule has 0 saturated heterocycles. The molecule has 0 aliphatic heterocycles.